The molecule has 1 fully saturated rings. The van der Waals surface area contributed by atoms with Gasteiger partial charge >= 0.3 is 0 Å². The number of benzene rings is 1. The zero-order valence-electron chi connectivity index (χ0n) is 11.2. The number of fused-ring (bicyclic) bond motifs is 1. The van der Waals surface area contributed by atoms with Crippen LogP contribution in [0.3, 0.4) is 0 Å². The fraction of sp³-hybridized carbons (Fsp3) is 0.600. The van der Waals surface area contributed by atoms with Crippen molar-refractivity contribution in [2.24, 2.45) is 5.92 Å². The van der Waals surface area contributed by atoms with Crippen molar-refractivity contribution in [3.05, 3.63) is 23.8 Å². The van der Waals surface area contributed by atoms with Crippen molar-refractivity contribution in [3.63, 3.8) is 0 Å². The second-order valence-electron chi connectivity index (χ2n) is 6.11. The Morgan fingerprint density at radius 1 is 1.35 bits per heavy atom. The fourth-order valence-electron chi connectivity index (χ4n) is 3.86. The van der Waals surface area contributed by atoms with Crippen LogP contribution in [-0.4, -0.2) is 13.3 Å². The third-order valence-electron chi connectivity index (χ3n) is 4.71. The number of nitrogens with one attached hydrogen (secondary N) is 1. The lowest BCUT2D eigenvalue weighted by Gasteiger charge is -2.21. The Hall–Kier alpha value is -0.915. The number of rotatable bonds is 2. The Kier molecular flexibility index (Phi) is 2.69. The van der Waals surface area contributed by atoms with Crippen molar-refractivity contribution < 1.29 is 0 Å². The summed E-state index contributed by atoms with van der Waals surface area (Å²) in [5, 5.41) is 3.54. The van der Waals surface area contributed by atoms with E-state index in [0.717, 1.165) is 30.8 Å². The van der Waals surface area contributed by atoms with Gasteiger partial charge in [0.1, 0.15) is 0 Å². The quantitative estimate of drug-likeness (QED) is 0.765. The van der Waals surface area contributed by atoms with Crippen molar-refractivity contribution in [2.45, 2.75) is 45.2 Å². The SMILES string of the molecule is CC(C)C1B(c2cccc3c2CCCN3)C1C. The molecule has 0 saturated carbocycles. The first kappa shape index (κ1) is 11.2. The molecule has 0 radical (unpaired) electrons. The highest BCUT2D eigenvalue weighted by Crippen LogP contribution is 2.54. The van der Waals surface area contributed by atoms with Gasteiger partial charge in [-0.1, -0.05) is 55.9 Å². The molecule has 2 heteroatoms. The lowest BCUT2D eigenvalue weighted by atomic mass is 9.55. The summed E-state index contributed by atoms with van der Waals surface area (Å²) in [7, 11) is 0. The predicted molar refractivity (Wildman–Crippen MR) is 76.7 cm³/mol. The summed E-state index contributed by atoms with van der Waals surface area (Å²) in [5.41, 5.74) is 4.65. The van der Waals surface area contributed by atoms with Gasteiger partial charge in [0.05, 0.1) is 0 Å². The van der Waals surface area contributed by atoms with E-state index in [2.05, 4.69) is 44.3 Å². The van der Waals surface area contributed by atoms with Crippen LogP contribution in [0.4, 0.5) is 5.69 Å². The Balaban J connectivity index is 1.94. The molecule has 0 amide bonds. The van der Waals surface area contributed by atoms with Crippen LogP contribution in [0.15, 0.2) is 18.2 Å². The summed E-state index contributed by atoms with van der Waals surface area (Å²) < 4.78 is 0. The van der Waals surface area contributed by atoms with Crippen LogP contribution in [0.25, 0.3) is 0 Å². The van der Waals surface area contributed by atoms with Crippen molar-refractivity contribution in [2.75, 3.05) is 11.9 Å². The normalized spacial score (nSPS) is 26.7. The molecule has 1 nitrogen and oxygen atoms in total. The minimum absolute atomic E-state index is 0.822. The standard InChI is InChI=1S/C15H22BN/c1-10(2)15-11(3)16(15)13-7-4-8-14-12(13)6-5-9-17-14/h4,7-8,10-11,15,17H,5-6,9H2,1-3H3. The Morgan fingerprint density at radius 2 is 2.18 bits per heavy atom. The summed E-state index contributed by atoms with van der Waals surface area (Å²) >= 11 is 0. The number of anilines is 1. The molecule has 2 atom stereocenters. The van der Waals surface area contributed by atoms with Crippen LogP contribution in [0, 0.1) is 5.92 Å². The summed E-state index contributed by atoms with van der Waals surface area (Å²) in [6.07, 6.45) is 2.56. The van der Waals surface area contributed by atoms with Gasteiger partial charge in [0.15, 0.2) is 6.71 Å². The maximum Gasteiger partial charge on any atom is 0.181 e. The van der Waals surface area contributed by atoms with Gasteiger partial charge in [-0.15, -0.1) is 0 Å². The third kappa shape index (κ3) is 1.78. The van der Waals surface area contributed by atoms with Crippen molar-refractivity contribution in [1.29, 1.82) is 0 Å². The van der Waals surface area contributed by atoms with E-state index < -0.39 is 0 Å². The number of hydrogen-bond donors (Lipinski definition) is 1. The Morgan fingerprint density at radius 3 is 2.88 bits per heavy atom. The first-order valence-corrected chi connectivity index (χ1v) is 7.06. The minimum Gasteiger partial charge on any atom is -0.385 e. The molecule has 0 spiro atoms. The highest BCUT2D eigenvalue weighted by molar-refractivity contribution is 6.86. The molecule has 1 aromatic rings. The first-order valence-electron chi connectivity index (χ1n) is 7.06. The molecule has 2 heterocycles. The molecule has 1 N–H and O–H groups in total. The molecule has 90 valence electrons. The molecule has 2 aliphatic rings. The van der Waals surface area contributed by atoms with E-state index in [1.54, 1.807) is 11.0 Å². The smallest absolute Gasteiger partial charge is 0.181 e. The molecule has 17 heavy (non-hydrogen) atoms. The van der Waals surface area contributed by atoms with Gasteiger partial charge in [-0.05, 0) is 24.5 Å². The predicted octanol–water partition coefficient (Wildman–Crippen LogP) is 3.18. The van der Waals surface area contributed by atoms with E-state index in [1.165, 1.54) is 18.5 Å². The Labute approximate surface area is 105 Å². The number of hydrogen-bond acceptors (Lipinski definition) is 1. The first-order chi connectivity index (χ1) is 8.20. The van der Waals surface area contributed by atoms with Gasteiger partial charge in [0.25, 0.3) is 0 Å². The summed E-state index contributed by atoms with van der Waals surface area (Å²) in [6.45, 7) is 9.13. The molecule has 0 aliphatic carbocycles. The van der Waals surface area contributed by atoms with Crippen molar-refractivity contribution in [1.82, 2.24) is 0 Å². The molecule has 1 saturated heterocycles. The monoisotopic (exact) mass is 227 g/mol. The Bertz CT molecular complexity index is 427. The van der Waals surface area contributed by atoms with Crippen molar-refractivity contribution >= 4 is 17.9 Å². The maximum absolute atomic E-state index is 3.54. The van der Waals surface area contributed by atoms with E-state index in [-0.39, 0.29) is 0 Å². The van der Waals surface area contributed by atoms with Gasteiger partial charge in [0, 0.05) is 12.2 Å². The molecule has 2 aliphatic heterocycles. The van der Waals surface area contributed by atoms with Crippen LogP contribution in [0.5, 0.6) is 0 Å². The summed E-state index contributed by atoms with van der Waals surface area (Å²) in [4.78, 5) is 0. The van der Waals surface area contributed by atoms with Crippen LogP contribution in [0.2, 0.25) is 11.6 Å². The van der Waals surface area contributed by atoms with Gasteiger partial charge in [-0.2, -0.15) is 0 Å². The lowest BCUT2D eigenvalue weighted by Crippen LogP contribution is -2.27. The van der Waals surface area contributed by atoms with E-state index >= 15 is 0 Å². The maximum atomic E-state index is 3.54. The second kappa shape index (κ2) is 4.08. The zero-order chi connectivity index (χ0) is 12.0. The van der Waals surface area contributed by atoms with E-state index in [1.807, 2.05) is 0 Å². The van der Waals surface area contributed by atoms with E-state index in [0.29, 0.717) is 0 Å². The third-order valence-corrected chi connectivity index (χ3v) is 4.71. The van der Waals surface area contributed by atoms with E-state index in [4.69, 9.17) is 0 Å². The summed E-state index contributed by atoms with van der Waals surface area (Å²) in [6, 6.07) is 6.85. The lowest BCUT2D eigenvalue weighted by molar-refractivity contribution is 0.635. The minimum atomic E-state index is 0.822. The highest BCUT2D eigenvalue weighted by Gasteiger charge is 2.53. The molecule has 2 unspecified atom stereocenters. The highest BCUT2D eigenvalue weighted by atomic mass is 14.9. The average Bonchev–Trinajstić information content (AvgIpc) is 3.00. The molecular formula is C15H22BN. The fourth-order valence-corrected chi connectivity index (χ4v) is 3.86. The van der Waals surface area contributed by atoms with Gasteiger partial charge in [0.2, 0.25) is 0 Å². The van der Waals surface area contributed by atoms with Crippen LogP contribution in [0.1, 0.15) is 32.8 Å². The zero-order valence-corrected chi connectivity index (χ0v) is 11.2. The van der Waals surface area contributed by atoms with E-state index in [9.17, 15) is 0 Å². The molecule has 1 aromatic carbocycles. The molecule has 0 bridgehead atoms. The van der Waals surface area contributed by atoms with Crippen molar-refractivity contribution in [3.8, 4) is 0 Å². The topological polar surface area (TPSA) is 12.0 Å². The van der Waals surface area contributed by atoms with Crippen LogP contribution >= 0.6 is 0 Å². The second-order valence-corrected chi connectivity index (χ2v) is 6.11. The van der Waals surface area contributed by atoms with Gasteiger partial charge < -0.3 is 5.32 Å². The molecule has 3 rings (SSSR count). The largest absolute Gasteiger partial charge is 0.385 e. The van der Waals surface area contributed by atoms with Crippen LogP contribution < -0.4 is 10.8 Å². The van der Waals surface area contributed by atoms with Gasteiger partial charge in [-0.25, -0.2) is 0 Å². The summed E-state index contributed by atoms with van der Waals surface area (Å²) in [5.74, 6) is 2.61. The molecular weight excluding hydrogens is 205 g/mol. The molecule has 0 aromatic heterocycles. The van der Waals surface area contributed by atoms with Gasteiger partial charge in [-0.3, -0.25) is 0 Å². The van der Waals surface area contributed by atoms with Crippen LogP contribution in [-0.2, 0) is 6.42 Å². The average molecular weight is 227 g/mol.